The lowest BCUT2D eigenvalue weighted by atomic mass is 10.2. The summed E-state index contributed by atoms with van der Waals surface area (Å²) in [5, 5.41) is 6.47. The third-order valence-corrected chi connectivity index (χ3v) is 3.04. The van der Waals surface area contributed by atoms with Crippen LogP contribution < -0.4 is 5.32 Å². The molecule has 1 N–H and O–H groups in total. The second-order valence-corrected chi connectivity index (χ2v) is 4.59. The van der Waals surface area contributed by atoms with Gasteiger partial charge in [0.25, 0.3) is 5.91 Å². The van der Waals surface area contributed by atoms with Crippen molar-refractivity contribution in [1.29, 1.82) is 0 Å². The normalized spacial score (nSPS) is 10.5. The van der Waals surface area contributed by atoms with Gasteiger partial charge >= 0.3 is 0 Å². The highest BCUT2D eigenvalue weighted by Crippen LogP contribution is 2.16. The maximum absolute atomic E-state index is 13.5. The number of rotatable bonds is 3. The van der Waals surface area contributed by atoms with Crippen molar-refractivity contribution >= 4 is 11.6 Å². The van der Waals surface area contributed by atoms with Crippen molar-refractivity contribution in [1.82, 2.24) is 9.78 Å². The third-order valence-electron chi connectivity index (χ3n) is 3.04. The van der Waals surface area contributed by atoms with E-state index in [0.717, 1.165) is 11.8 Å². The Labute approximate surface area is 125 Å². The van der Waals surface area contributed by atoms with Gasteiger partial charge in [-0.1, -0.05) is 18.2 Å². The Bertz CT molecular complexity index is 815. The molecule has 0 unspecified atom stereocenters. The van der Waals surface area contributed by atoms with E-state index in [1.807, 2.05) is 30.3 Å². The summed E-state index contributed by atoms with van der Waals surface area (Å²) in [6.45, 7) is 0. The van der Waals surface area contributed by atoms with Gasteiger partial charge < -0.3 is 5.32 Å². The summed E-state index contributed by atoms with van der Waals surface area (Å²) in [4.78, 5) is 12.1. The fourth-order valence-corrected chi connectivity index (χ4v) is 1.95. The highest BCUT2D eigenvalue weighted by Gasteiger charge is 2.12. The summed E-state index contributed by atoms with van der Waals surface area (Å²) in [5.41, 5.74) is 0.987. The van der Waals surface area contributed by atoms with E-state index in [1.54, 1.807) is 0 Å². The van der Waals surface area contributed by atoms with Crippen LogP contribution in [0.5, 0.6) is 0 Å². The SMILES string of the molecule is O=C(Nc1ccc(F)cc1F)c1cnn(-c2ccccc2)c1. The summed E-state index contributed by atoms with van der Waals surface area (Å²) in [6, 6.07) is 12.2. The number of halogens is 2. The van der Waals surface area contributed by atoms with Gasteiger partial charge in [-0.2, -0.15) is 5.10 Å². The van der Waals surface area contributed by atoms with E-state index in [0.29, 0.717) is 6.07 Å². The van der Waals surface area contributed by atoms with Crippen LogP contribution in [0.4, 0.5) is 14.5 Å². The van der Waals surface area contributed by atoms with Gasteiger partial charge in [0.2, 0.25) is 0 Å². The third kappa shape index (κ3) is 2.85. The second-order valence-electron chi connectivity index (χ2n) is 4.59. The average Bonchev–Trinajstić information content (AvgIpc) is 3.01. The van der Waals surface area contributed by atoms with Crippen LogP contribution in [0.1, 0.15) is 10.4 Å². The monoisotopic (exact) mass is 299 g/mol. The maximum Gasteiger partial charge on any atom is 0.258 e. The first-order valence-electron chi connectivity index (χ1n) is 6.50. The topological polar surface area (TPSA) is 46.9 Å². The molecule has 6 heteroatoms. The van der Waals surface area contributed by atoms with Crippen LogP contribution in [0.25, 0.3) is 5.69 Å². The summed E-state index contributed by atoms with van der Waals surface area (Å²) in [5.74, 6) is -2.05. The maximum atomic E-state index is 13.5. The number of nitrogens with zero attached hydrogens (tertiary/aromatic N) is 2. The van der Waals surface area contributed by atoms with Crippen molar-refractivity contribution < 1.29 is 13.6 Å². The van der Waals surface area contributed by atoms with E-state index in [9.17, 15) is 13.6 Å². The van der Waals surface area contributed by atoms with E-state index in [4.69, 9.17) is 0 Å². The molecule has 0 atom stereocenters. The molecule has 0 saturated heterocycles. The molecule has 0 aliphatic rings. The van der Waals surface area contributed by atoms with Crippen LogP contribution >= 0.6 is 0 Å². The molecule has 0 bridgehead atoms. The predicted octanol–water partition coefficient (Wildman–Crippen LogP) is 3.40. The van der Waals surface area contributed by atoms with E-state index < -0.39 is 17.5 Å². The number of aromatic nitrogens is 2. The Balaban J connectivity index is 1.80. The molecule has 0 aliphatic heterocycles. The van der Waals surface area contributed by atoms with E-state index in [2.05, 4.69) is 10.4 Å². The highest BCUT2D eigenvalue weighted by molar-refractivity contribution is 6.04. The van der Waals surface area contributed by atoms with Crippen molar-refractivity contribution in [2.75, 3.05) is 5.32 Å². The van der Waals surface area contributed by atoms with Gasteiger partial charge in [0.15, 0.2) is 0 Å². The lowest BCUT2D eigenvalue weighted by Crippen LogP contribution is -2.12. The van der Waals surface area contributed by atoms with Crippen LogP contribution in [0.15, 0.2) is 60.9 Å². The first kappa shape index (κ1) is 13.9. The molecule has 1 heterocycles. The zero-order valence-electron chi connectivity index (χ0n) is 11.3. The Kier molecular flexibility index (Phi) is 3.65. The van der Waals surface area contributed by atoms with E-state index >= 15 is 0 Å². The quantitative estimate of drug-likeness (QED) is 0.805. The summed E-state index contributed by atoms with van der Waals surface area (Å²) >= 11 is 0. The van der Waals surface area contributed by atoms with E-state index in [1.165, 1.54) is 23.1 Å². The van der Waals surface area contributed by atoms with Crippen molar-refractivity contribution in [3.8, 4) is 5.69 Å². The van der Waals surface area contributed by atoms with Crippen LogP contribution in [0, 0.1) is 11.6 Å². The van der Waals surface area contributed by atoms with Crippen molar-refractivity contribution in [3.05, 3.63) is 78.1 Å². The van der Waals surface area contributed by atoms with Crippen molar-refractivity contribution in [3.63, 3.8) is 0 Å². The molecular formula is C16H11F2N3O. The number of carbonyl (C=O) groups excluding carboxylic acids is 1. The lowest BCUT2D eigenvalue weighted by Gasteiger charge is -2.04. The highest BCUT2D eigenvalue weighted by atomic mass is 19.1. The molecule has 3 rings (SSSR count). The zero-order chi connectivity index (χ0) is 15.5. The van der Waals surface area contributed by atoms with Crippen LogP contribution in [-0.4, -0.2) is 15.7 Å². The molecule has 4 nitrogen and oxygen atoms in total. The molecule has 1 amide bonds. The zero-order valence-corrected chi connectivity index (χ0v) is 11.3. The average molecular weight is 299 g/mol. The molecule has 3 aromatic rings. The Morgan fingerprint density at radius 1 is 1.09 bits per heavy atom. The minimum absolute atomic E-state index is 0.0844. The Morgan fingerprint density at radius 3 is 2.59 bits per heavy atom. The molecule has 110 valence electrons. The van der Waals surface area contributed by atoms with Crippen LogP contribution in [0.3, 0.4) is 0 Å². The number of hydrogen-bond acceptors (Lipinski definition) is 2. The summed E-state index contributed by atoms with van der Waals surface area (Å²) < 4.78 is 27.9. The number of hydrogen-bond donors (Lipinski definition) is 1. The smallest absolute Gasteiger partial charge is 0.258 e. The fourth-order valence-electron chi connectivity index (χ4n) is 1.95. The van der Waals surface area contributed by atoms with Gasteiger partial charge in [-0.25, -0.2) is 13.5 Å². The summed E-state index contributed by atoms with van der Waals surface area (Å²) in [6.07, 6.45) is 2.91. The van der Waals surface area contributed by atoms with Crippen molar-refractivity contribution in [2.24, 2.45) is 0 Å². The number of para-hydroxylation sites is 1. The minimum Gasteiger partial charge on any atom is -0.319 e. The molecule has 0 radical (unpaired) electrons. The number of amides is 1. The Morgan fingerprint density at radius 2 is 1.86 bits per heavy atom. The van der Waals surface area contributed by atoms with Crippen LogP contribution in [-0.2, 0) is 0 Å². The molecule has 2 aromatic carbocycles. The molecule has 22 heavy (non-hydrogen) atoms. The predicted molar refractivity (Wildman–Crippen MR) is 77.9 cm³/mol. The molecule has 0 aliphatic carbocycles. The number of nitrogens with one attached hydrogen (secondary N) is 1. The number of anilines is 1. The van der Waals surface area contributed by atoms with E-state index in [-0.39, 0.29) is 11.3 Å². The largest absolute Gasteiger partial charge is 0.319 e. The van der Waals surface area contributed by atoms with Crippen molar-refractivity contribution in [2.45, 2.75) is 0 Å². The second kappa shape index (κ2) is 5.77. The van der Waals surface area contributed by atoms with Gasteiger partial charge in [-0.3, -0.25) is 4.79 Å². The first-order valence-corrected chi connectivity index (χ1v) is 6.50. The van der Waals surface area contributed by atoms with Crippen LogP contribution in [0.2, 0.25) is 0 Å². The summed E-state index contributed by atoms with van der Waals surface area (Å²) in [7, 11) is 0. The molecule has 0 spiro atoms. The van der Waals surface area contributed by atoms with Gasteiger partial charge in [0.05, 0.1) is 23.1 Å². The lowest BCUT2D eigenvalue weighted by molar-refractivity contribution is 0.102. The van der Waals surface area contributed by atoms with Gasteiger partial charge in [-0.05, 0) is 24.3 Å². The molecule has 0 fully saturated rings. The molecule has 0 saturated carbocycles. The minimum atomic E-state index is -0.830. The fraction of sp³-hybridized carbons (Fsp3) is 0. The molecular weight excluding hydrogens is 288 g/mol. The number of carbonyl (C=O) groups is 1. The number of benzene rings is 2. The standard InChI is InChI=1S/C16H11F2N3O/c17-12-6-7-15(14(18)8-12)20-16(22)11-9-19-21(10-11)13-4-2-1-3-5-13/h1-10H,(H,20,22). The molecule has 1 aromatic heterocycles. The van der Waals surface area contributed by atoms with Gasteiger partial charge in [0, 0.05) is 12.3 Å². The van der Waals surface area contributed by atoms with Gasteiger partial charge in [-0.15, -0.1) is 0 Å². The Hall–Kier alpha value is -3.02. The van der Waals surface area contributed by atoms with Gasteiger partial charge in [0.1, 0.15) is 11.6 Å². The first-order chi connectivity index (χ1) is 10.6.